The van der Waals surface area contributed by atoms with Gasteiger partial charge in [-0.25, -0.2) is 17.5 Å². The number of halogens is 1. The Labute approximate surface area is 204 Å². The fraction of sp³-hybridized carbons (Fsp3) is 0.231. The maximum absolute atomic E-state index is 14.4. The van der Waals surface area contributed by atoms with Crippen molar-refractivity contribution in [2.45, 2.75) is 43.7 Å². The highest BCUT2D eigenvalue weighted by atomic mass is 32.2. The molecule has 1 unspecified atom stereocenters. The zero-order valence-electron chi connectivity index (χ0n) is 19.7. The van der Waals surface area contributed by atoms with E-state index in [-0.39, 0.29) is 12.0 Å². The number of hydrogen-bond acceptors (Lipinski definition) is 4. The van der Waals surface area contributed by atoms with E-state index in [1.54, 1.807) is 45.0 Å². The first kappa shape index (κ1) is 26.1. The largest absolute Gasteiger partial charge is 0.340 e. The molecule has 7 nitrogen and oxygen atoms in total. The lowest BCUT2D eigenvalue weighted by Gasteiger charge is -2.21. The monoisotopic (exact) mass is 497 g/mol. The molecule has 0 aliphatic heterocycles. The Morgan fingerprint density at radius 1 is 0.914 bits per heavy atom. The molecule has 9 heteroatoms. The first-order valence-corrected chi connectivity index (χ1v) is 12.5. The average Bonchev–Trinajstić information content (AvgIpc) is 2.78. The second-order valence-corrected chi connectivity index (χ2v) is 10.7. The normalized spacial score (nSPS) is 12.6. The van der Waals surface area contributed by atoms with E-state index >= 15 is 0 Å². The molecule has 2 amide bonds. The van der Waals surface area contributed by atoms with Crippen molar-refractivity contribution in [3.63, 3.8) is 0 Å². The molecule has 0 saturated heterocycles. The summed E-state index contributed by atoms with van der Waals surface area (Å²) >= 11 is 0. The summed E-state index contributed by atoms with van der Waals surface area (Å²) in [6.45, 7) is 4.87. The molecule has 1 atom stereocenters. The highest BCUT2D eigenvalue weighted by Crippen LogP contribution is 2.19. The Balaban J connectivity index is 1.87. The fourth-order valence-corrected chi connectivity index (χ4v) is 4.88. The number of sulfonamides is 1. The summed E-state index contributed by atoms with van der Waals surface area (Å²) in [6.07, 6.45) is 0.198. The van der Waals surface area contributed by atoms with E-state index in [2.05, 4.69) is 15.4 Å². The van der Waals surface area contributed by atoms with E-state index in [0.29, 0.717) is 5.69 Å². The number of para-hydroxylation sites is 1. The standard InChI is InChI=1S/C26H28FN3O4S/c1-26(2,3)30-35(33,34)23-17-19(14-15-21(23)27)24(31)29-22(16-18-10-6-4-7-11-18)25(32)28-20-12-8-5-9-13-20/h4-15,17,22,30H,16H2,1-3H3,(H,28,32)(H,29,31). The minimum atomic E-state index is -4.22. The van der Waals surface area contributed by atoms with E-state index < -0.39 is 44.1 Å². The van der Waals surface area contributed by atoms with Crippen molar-refractivity contribution in [3.8, 4) is 0 Å². The Morgan fingerprint density at radius 3 is 2.11 bits per heavy atom. The highest BCUT2D eigenvalue weighted by molar-refractivity contribution is 7.89. The Hall–Kier alpha value is -3.56. The van der Waals surface area contributed by atoms with E-state index in [4.69, 9.17) is 0 Å². The van der Waals surface area contributed by atoms with E-state index in [1.165, 1.54) is 6.07 Å². The SMILES string of the molecule is CC(C)(C)NS(=O)(=O)c1cc(C(=O)NC(Cc2ccccc2)C(=O)Nc2ccccc2)ccc1F. The smallest absolute Gasteiger partial charge is 0.251 e. The summed E-state index contributed by atoms with van der Waals surface area (Å²) in [6, 6.07) is 20.0. The van der Waals surface area contributed by atoms with Crippen LogP contribution in [0.25, 0.3) is 0 Å². The van der Waals surface area contributed by atoms with Crippen LogP contribution in [0.4, 0.5) is 10.1 Å². The minimum Gasteiger partial charge on any atom is -0.340 e. The summed E-state index contributed by atoms with van der Waals surface area (Å²) < 4.78 is 42.1. The van der Waals surface area contributed by atoms with Crippen LogP contribution >= 0.6 is 0 Å². The summed E-state index contributed by atoms with van der Waals surface area (Å²) in [4.78, 5) is 25.4. The van der Waals surface area contributed by atoms with Crippen LogP contribution in [0.2, 0.25) is 0 Å². The van der Waals surface area contributed by atoms with Crippen LogP contribution < -0.4 is 15.4 Å². The molecule has 0 radical (unpaired) electrons. The molecule has 0 spiro atoms. The van der Waals surface area contributed by atoms with Gasteiger partial charge in [0.2, 0.25) is 15.9 Å². The van der Waals surface area contributed by atoms with Crippen molar-refractivity contribution in [3.05, 3.63) is 95.8 Å². The number of anilines is 1. The summed E-state index contributed by atoms with van der Waals surface area (Å²) in [5.41, 5.74) is 0.442. The molecular weight excluding hydrogens is 469 g/mol. The van der Waals surface area contributed by atoms with Crippen molar-refractivity contribution in [1.29, 1.82) is 0 Å². The lowest BCUT2D eigenvalue weighted by atomic mass is 10.0. The predicted octanol–water partition coefficient (Wildman–Crippen LogP) is 3.88. The van der Waals surface area contributed by atoms with E-state index in [0.717, 1.165) is 17.7 Å². The second kappa shape index (κ2) is 10.8. The third-order valence-corrected chi connectivity index (χ3v) is 6.64. The van der Waals surface area contributed by atoms with Crippen LogP contribution in [0.15, 0.2) is 83.8 Å². The first-order valence-electron chi connectivity index (χ1n) is 11.0. The van der Waals surface area contributed by atoms with Gasteiger partial charge >= 0.3 is 0 Å². The topological polar surface area (TPSA) is 104 Å². The third kappa shape index (κ3) is 7.46. The van der Waals surface area contributed by atoms with E-state index in [1.807, 2.05) is 36.4 Å². The van der Waals surface area contributed by atoms with Crippen LogP contribution in [0.3, 0.4) is 0 Å². The van der Waals surface area contributed by atoms with Crippen LogP contribution in [0, 0.1) is 5.82 Å². The predicted molar refractivity (Wildman–Crippen MR) is 133 cm³/mol. The van der Waals surface area contributed by atoms with Gasteiger partial charge in [0.15, 0.2) is 0 Å². The molecule has 0 aliphatic rings. The van der Waals surface area contributed by atoms with Gasteiger partial charge in [-0.15, -0.1) is 0 Å². The van der Waals surface area contributed by atoms with Crippen molar-refractivity contribution in [1.82, 2.24) is 10.0 Å². The maximum Gasteiger partial charge on any atom is 0.251 e. The number of benzene rings is 3. The van der Waals surface area contributed by atoms with Crippen molar-refractivity contribution in [2.75, 3.05) is 5.32 Å². The second-order valence-electron chi connectivity index (χ2n) is 9.07. The third-order valence-electron chi connectivity index (χ3n) is 4.87. The Bertz CT molecular complexity index is 1290. The van der Waals surface area contributed by atoms with Gasteiger partial charge in [0.05, 0.1) is 0 Å². The average molecular weight is 498 g/mol. The van der Waals surface area contributed by atoms with Gasteiger partial charge in [0.1, 0.15) is 16.8 Å². The molecular formula is C26H28FN3O4S. The molecule has 35 heavy (non-hydrogen) atoms. The number of rotatable bonds is 8. The lowest BCUT2D eigenvalue weighted by Crippen LogP contribution is -2.45. The molecule has 0 aliphatic carbocycles. The molecule has 0 aromatic heterocycles. The molecule has 0 saturated carbocycles. The highest BCUT2D eigenvalue weighted by Gasteiger charge is 2.27. The summed E-state index contributed by atoms with van der Waals surface area (Å²) in [7, 11) is -4.22. The molecule has 0 heterocycles. The number of carbonyl (C=O) groups is 2. The molecule has 3 N–H and O–H groups in total. The summed E-state index contributed by atoms with van der Waals surface area (Å²) in [5, 5.41) is 5.43. The van der Waals surface area contributed by atoms with Crippen molar-refractivity contribution >= 4 is 27.5 Å². The molecule has 184 valence electrons. The zero-order valence-corrected chi connectivity index (χ0v) is 20.5. The number of hydrogen-bond donors (Lipinski definition) is 3. The van der Waals surface area contributed by atoms with E-state index in [9.17, 15) is 22.4 Å². The van der Waals surface area contributed by atoms with Crippen LogP contribution in [0.1, 0.15) is 36.7 Å². The molecule has 3 rings (SSSR count). The van der Waals surface area contributed by atoms with Gasteiger partial charge in [0, 0.05) is 23.2 Å². The van der Waals surface area contributed by atoms with Gasteiger partial charge in [-0.05, 0) is 56.7 Å². The number of carbonyl (C=O) groups excluding carboxylic acids is 2. The van der Waals surface area contributed by atoms with Gasteiger partial charge in [-0.1, -0.05) is 48.5 Å². The summed E-state index contributed by atoms with van der Waals surface area (Å²) in [5.74, 6) is -2.14. The van der Waals surface area contributed by atoms with Crippen LogP contribution in [-0.4, -0.2) is 31.8 Å². The molecule has 0 fully saturated rings. The maximum atomic E-state index is 14.4. The Morgan fingerprint density at radius 2 is 1.51 bits per heavy atom. The molecule has 0 bridgehead atoms. The van der Waals surface area contributed by atoms with Crippen molar-refractivity contribution in [2.24, 2.45) is 0 Å². The fourth-order valence-electron chi connectivity index (χ4n) is 3.36. The molecule has 3 aromatic rings. The van der Waals surface area contributed by atoms with Gasteiger partial charge in [-0.2, -0.15) is 0 Å². The Kier molecular flexibility index (Phi) is 8.03. The molecule has 3 aromatic carbocycles. The van der Waals surface area contributed by atoms with Crippen LogP contribution in [0.5, 0.6) is 0 Å². The number of amides is 2. The lowest BCUT2D eigenvalue weighted by molar-refractivity contribution is -0.118. The van der Waals surface area contributed by atoms with Gasteiger partial charge in [-0.3, -0.25) is 9.59 Å². The van der Waals surface area contributed by atoms with Gasteiger partial charge in [0.25, 0.3) is 5.91 Å². The number of nitrogens with one attached hydrogen (secondary N) is 3. The minimum absolute atomic E-state index is 0.0914. The van der Waals surface area contributed by atoms with Crippen molar-refractivity contribution < 1.29 is 22.4 Å². The van der Waals surface area contributed by atoms with Crippen LogP contribution in [-0.2, 0) is 21.2 Å². The quantitative estimate of drug-likeness (QED) is 0.439. The zero-order chi connectivity index (χ0) is 25.6. The first-order chi connectivity index (χ1) is 16.4. The van der Waals surface area contributed by atoms with Gasteiger partial charge < -0.3 is 10.6 Å².